The van der Waals surface area contributed by atoms with Crippen molar-refractivity contribution in [2.24, 2.45) is 0 Å². The topological polar surface area (TPSA) is 31.6 Å². The van der Waals surface area contributed by atoms with Crippen molar-refractivity contribution in [1.82, 2.24) is 9.47 Å². The molecule has 0 spiro atoms. The minimum absolute atomic E-state index is 0.382. The summed E-state index contributed by atoms with van der Waals surface area (Å²) >= 11 is 0. The second-order valence-electron chi connectivity index (χ2n) is 7.86. The normalized spacial score (nSPS) is 15.4. The number of aryl methyl sites for hydroxylation is 1. The third-order valence-corrected chi connectivity index (χ3v) is 6.13. The summed E-state index contributed by atoms with van der Waals surface area (Å²) in [7, 11) is 0. The second-order valence-corrected chi connectivity index (χ2v) is 7.86. The summed E-state index contributed by atoms with van der Waals surface area (Å²) in [6.45, 7) is 6.16. The largest absolute Gasteiger partial charge is 0.506 e. The molecule has 1 aromatic heterocycles. The van der Waals surface area contributed by atoms with Crippen molar-refractivity contribution in [1.29, 1.82) is 0 Å². The highest BCUT2D eigenvalue weighted by molar-refractivity contribution is 6.07. The number of anilines is 1. The summed E-state index contributed by atoms with van der Waals surface area (Å²) in [6, 6.07) is 25.1. The molecule has 29 heavy (non-hydrogen) atoms. The fourth-order valence-corrected chi connectivity index (χ4v) is 4.64. The van der Waals surface area contributed by atoms with Gasteiger partial charge in [-0.1, -0.05) is 48.5 Å². The third kappa shape index (κ3) is 3.45. The summed E-state index contributed by atoms with van der Waals surface area (Å²) in [5.41, 5.74) is 3.62. The molecule has 1 aliphatic heterocycles. The molecule has 4 aromatic rings. The summed E-state index contributed by atoms with van der Waals surface area (Å²) in [6.07, 6.45) is 1.14. The van der Waals surface area contributed by atoms with Gasteiger partial charge >= 0.3 is 0 Å². The van der Waals surface area contributed by atoms with Crippen LogP contribution in [0.5, 0.6) is 5.75 Å². The Morgan fingerprint density at radius 3 is 1.90 bits per heavy atom. The fraction of sp³-hybridized carbons (Fsp3) is 0.280. The molecule has 1 aliphatic rings. The Morgan fingerprint density at radius 2 is 1.24 bits per heavy atom. The lowest BCUT2D eigenvalue weighted by molar-refractivity contribution is 0.250. The molecule has 0 atom stereocenters. The SMILES string of the molecule is Oc1ccccc1N1CCN(CCCn2c3ccccc3c3ccccc32)CC1. The Balaban J connectivity index is 1.23. The number of hydrogen-bond donors (Lipinski definition) is 1. The van der Waals surface area contributed by atoms with Crippen LogP contribution < -0.4 is 4.90 Å². The Bertz CT molecular complexity index is 1070. The van der Waals surface area contributed by atoms with Crippen LogP contribution in [-0.2, 0) is 6.54 Å². The maximum atomic E-state index is 10.1. The zero-order chi connectivity index (χ0) is 19.6. The number of nitrogens with zero attached hydrogens (tertiary/aromatic N) is 3. The van der Waals surface area contributed by atoms with Crippen LogP contribution in [0.2, 0.25) is 0 Å². The van der Waals surface area contributed by atoms with E-state index in [1.165, 1.54) is 21.8 Å². The molecule has 0 unspecified atom stereocenters. The van der Waals surface area contributed by atoms with E-state index in [4.69, 9.17) is 0 Å². The fourth-order valence-electron chi connectivity index (χ4n) is 4.64. The van der Waals surface area contributed by atoms with Gasteiger partial charge in [-0.2, -0.15) is 0 Å². The minimum atomic E-state index is 0.382. The highest BCUT2D eigenvalue weighted by atomic mass is 16.3. The lowest BCUT2D eigenvalue weighted by atomic mass is 10.2. The Hall–Kier alpha value is -2.98. The first-order valence-corrected chi connectivity index (χ1v) is 10.5. The van der Waals surface area contributed by atoms with Crippen LogP contribution in [0.25, 0.3) is 21.8 Å². The van der Waals surface area contributed by atoms with Crippen molar-refractivity contribution in [2.45, 2.75) is 13.0 Å². The van der Waals surface area contributed by atoms with Gasteiger partial charge in [0, 0.05) is 54.5 Å². The first kappa shape index (κ1) is 18.1. The van der Waals surface area contributed by atoms with Gasteiger partial charge in [-0.15, -0.1) is 0 Å². The maximum absolute atomic E-state index is 10.1. The Morgan fingerprint density at radius 1 is 0.655 bits per heavy atom. The van der Waals surface area contributed by atoms with Crippen LogP contribution in [0.4, 0.5) is 5.69 Å². The van der Waals surface area contributed by atoms with Crippen molar-refractivity contribution in [3.63, 3.8) is 0 Å². The van der Waals surface area contributed by atoms with Gasteiger partial charge in [0.2, 0.25) is 0 Å². The van der Waals surface area contributed by atoms with Gasteiger partial charge in [0.1, 0.15) is 5.75 Å². The highest BCUT2D eigenvalue weighted by Gasteiger charge is 2.19. The lowest BCUT2D eigenvalue weighted by Gasteiger charge is -2.36. The molecule has 0 saturated carbocycles. The van der Waals surface area contributed by atoms with E-state index >= 15 is 0 Å². The van der Waals surface area contributed by atoms with Crippen molar-refractivity contribution in [3.05, 3.63) is 72.8 Å². The number of rotatable bonds is 5. The van der Waals surface area contributed by atoms with Crippen molar-refractivity contribution >= 4 is 27.5 Å². The average molecular weight is 386 g/mol. The van der Waals surface area contributed by atoms with Gasteiger partial charge in [-0.05, 0) is 37.2 Å². The molecule has 5 rings (SSSR count). The predicted molar refractivity (Wildman–Crippen MR) is 121 cm³/mol. The highest BCUT2D eigenvalue weighted by Crippen LogP contribution is 2.29. The second kappa shape index (κ2) is 7.80. The standard InChI is InChI=1S/C25H27N3O/c29-25-13-6-5-12-24(25)27-18-16-26(17-19-27)14-7-15-28-22-10-3-1-8-20(22)21-9-2-4-11-23(21)28/h1-6,8-13,29H,7,14-19H2. The van der Waals surface area contributed by atoms with E-state index in [0.29, 0.717) is 5.75 Å². The first-order valence-electron chi connectivity index (χ1n) is 10.5. The van der Waals surface area contributed by atoms with E-state index in [-0.39, 0.29) is 0 Å². The number of piperazine rings is 1. The molecule has 148 valence electrons. The zero-order valence-electron chi connectivity index (χ0n) is 16.7. The molecule has 0 amide bonds. The molecule has 1 N–H and O–H groups in total. The smallest absolute Gasteiger partial charge is 0.138 e. The number of phenols is 1. The van der Waals surface area contributed by atoms with Crippen LogP contribution in [0.3, 0.4) is 0 Å². The average Bonchev–Trinajstić information content (AvgIpc) is 3.09. The van der Waals surface area contributed by atoms with Gasteiger partial charge in [0.25, 0.3) is 0 Å². The minimum Gasteiger partial charge on any atom is -0.506 e. The molecule has 0 aliphatic carbocycles. The molecule has 0 bridgehead atoms. The van der Waals surface area contributed by atoms with Crippen molar-refractivity contribution < 1.29 is 5.11 Å². The number of phenolic OH excluding ortho intramolecular Hbond substituents is 1. The van der Waals surface area contributed by atoms with Crippen molar-refractivity contribution in [2.75, 3.05) is 37.6 Å². The molecule has 2 heterocycles. The summed E-state index contributed by atoms with van der Waals surface area (Å²) in [5.74, 6) is 0.382. The number of hydrogen-bond acceptors (Lipinski definition) is 3. The number of aromatic hydroxyl groups is 1. The molecule has 4 heteroatoms. The van der Waals surface area contributed by atoms with E-state index in [2.05, 4.69) is 62.9 Å². The number of para-hydroxylation sites is 4. The van der Waals surface area contributed by atoms with Gasteiger partial charge in [0.05, 0.1) is 5.69 Å². The van der Waals surface area contributed by atoms with E-state index in [1.54, 1.807) is 6.07 Å². The summed E-state index contributed by atoms with van der Waals surface area (Å²) < 4.78 is 2.48. The van der Waals surface area contributed by atoms with Gasteiger partial charge in [-0.25, -0.2) is 0 Å². The molecule has 1 fully saturated rings. The van der Waals surface area contributed by atoms with Crippen LogP contribution in [0, 0.1) is 0 Å². The molecule has 1 saturated heterocycles. The van der Waals surface area contributed by atoms with Crippen LogP contribution in [-0.4, -0.2) is 47.3 Å². The first-order chi connectivity index (χ1) is 14.3. The monoisotopic (exact) mass is 385 g/mol. The van der Waals surface area contributed by atoms with Gasteiger partial charge in [0.15, 0.2) is 0 Å². The van der Waals surface area contributed by atoms with E-state index in [1.807, 2.05) is 18.2 Å². The lowest BCUT2D eigenvalue weighted by Crippen LogP contribution is -2.46. The quantitative estimate of drug-likeness (QED) is 0.540. The number of fused-ring (bicyclic) bond motifs is 3. The number of benzene rings is 3. The van der Waals surface area contributed by atoms with Gasteiger partial charge < -0.3 is 14.6 Å². The zero-order valence-corrected chi connectivity index (χ0v) is 16.7. The van der Waals surface area contributed by atoms with Gasteiger partial charge in [-0.3, -0.25) is 4.90 Å². The maximum Gasteiger partial charge on any atom is 0.138 e. The van der Waals surface area contributed by atoms with Crippen LogP contribution in [0.1, 0.15) is 6.42 Å². The molecular weight excluding hydrogens is 358 g/mol. The Labute approximate surface area is 171 Å². The van der Waals surface area contributed by atoms with E-state index < -0.39 is 0 Å². The molecular formula is C25H27N3O. The number of aromatic nitrogens is 1. The van der Waals surface area contributed by atoms with Crippen LogP contribution >= 0.6 is 0 Å². The summed E-state index contributed by atoms with van der Waals surface area (Å²) in [5, 5.41) is 12.8. The van der Waals surface area contributed by atoms with Crippen LogP contribution in [0.15, 0.2) is 72.8 Å². The molecule has 4 nitrogen and oxygen atoms in total. The molecule has 0 radical (unpaired) electrons. The Kier molecular flexibility index (Phi) is 4.86. The molecule has 3 aromatic carbocycles. The third-order valence-electron chi connectivity index (χ3n) is 6.13. The van der Waals surface area contributed by atoms with E-state index in [0.717, 1.165) is 51.4 Å². The summed E-state index contributed by atoms with van der Waals surface area (Å²) in [4.78, 5) is 4.84. The predicted octanol–water partition coefficient (Wildman–Crippen LogP) is 4.71. The van der Waals surface area contributed by atoms with Crippen molar-refractivity contribution in [3.8, 4) is 5.75 Å². The van der Waals surface area contributed by atoms with E-state index in [9.17, 15) is 5.11 Å².